The molecular formula is C36H44N2O10. The number of benzene rings is 2. The molecule has 2 aliphatic rings. The van der Waals surface area contributed by atoms with Crippen LogP contribution in [0, 0.1) is 0 Å². The first-order valence-electron chi connectivity index (χ1n) is 16.0. The number of amides is 2. The van der Waals surface area contributed by atoms with Gasteiger partial charge < -0.3 is 39.8 Å². The van der Waals surface area contributed by atoms with Gasteiger partial charge in [-0.25, -0.2) is 4.79 Å². The molecule has 4 atom stereocenters. The molecule has 1 aliphatic heterocycles. The number of carbonyl (C=O) groups is 4. The van der Waals surface area contributed by atoms with Gasteiger partial charge in [-0.1, -0.05) is 42.5 Å². The van der Waals surface area contributed by atoms with Crippen molar-refractivity contribution in [3.05, 3.63) is 82.9 Å². The second kappa shape index (κ2) is 17.0. The highest BCUT2D eigenvalue weighted by Gasteiger charge is 2.42. The van der Waals surface area contributed by atoms with E-state index in [1.165, 1.54) is 0 Å². The highest BCUT2D eigenvalue weighted by atomic mass is 16.7. The van der Waals surface area contributed by atoms with Crippen molar-refractivity contribution in [1.82, 2.24) is 10.6 Å². The fourth-order valence-electron chi connectivity index (χ4n) is 5.30. The lowest BCUT2D eigenvalue weighted by Crippen LogP contribution is -2.44. The number of carbonyl (C=O) groups excluding carboxylic acids is 4. The average molecular weight is 665 g/mol. The van der Waals surface area contributed by atoms with Crippen molar-refractivity contribution in [2.24, 2.45) is 0 Å². The first-order valence-corrected chi connectivity index (χ1v) is 16.0. The van der Waals surface area contributed by atoms with Crippen LogP contribution in [0.25, 0.3) is 6.08 Å². The smallest absolute Gasteiger partial charge is 0.338 e. The first kappa shape index (κ1) is 36.3. The van der Waals surface area contributed by atoms with Gasteiger partial charge in [-0.15, -0.1) is 0 Å². The van der Waals surface area contributed by atoms with Gasteiger partial charge in [0.15, 0.2) is 0 Å². The van der Waals surface area contributed by atoms with E-state index in [1.54, 1.807) is 57.2 Å². The van der Waals surface area contributed by atoms with Crippen molar-refractivity contribution in [3.8, 4) is 5.75 Å². The van der Waals surface area contributed by atoms with Gasteiger partial charge in [-0.3, -0.25) is 14.4 Å². The lowest BCUT2D eigenvalue weighted by Gasteiger charge is -2.30. The third kappa shape index (κ3) is 11.0. The molecule has 12 nitrogen and oxygen atoms in total. The van der Waals surface area contributed by atoms with Crippen LogP contribution in [0.2, 0.25) is 0 Å². The molecule has 4 N–H and O–H groups in total. The first-order chi connectivity index (χ1) is 22.9. The lowest BCUT2D eigenvalue weighted by molar-refractivity contribution is -0.155. The number of hydrogen-bond acceptors (Lipinski definition) is 10. The molecule has 0 aromatic heterocycles. The van der Waals surface area contributed by atoms with Gasteiger partial charge in [0.1, 0.15) is 36.5 Å². The summed E-state index contributed by atoms with van der Waals surface area (Å²) >= 11 is 0. The van der Waals surface area contributed by atoms with E-state index in [9.17, 15) is 29.4 Å². The fourth-order valence-corrected chi connectivity index (χ4v) is 5.30. The van der Waals surface area contributed by atoms with E-state index in [0.717, 1.165) is 11.1 Å². The highest BCUT2D eigenvalue weighted by Crippen LogP contribution is 2.31. The van der Waals surface area contributed by atoms with Crippen molar-refractivity contribution >= 4 is 29.8 Å². The van der Waals surface area contributed by atoms with Crippen LogP contribution in [0.5, 0.6) is 5.75 Å². The van der Waals surface area contributed by atoms with E-state index in [4.69, 9.17) is 18.9 Å². The van der Waals surface area contributed by atoms with E-state index in [0.29, 0.717) is 17.6 Å². The summed E-state index contributed by atoms with van der Waals surface area (Å²) in [6, 6.07) is 13.4. The predicted molar refractivity (Wildman–Crippen MR) is 176 cm³/mol. The van der Waals surface area contributed by atoms with Gasteiger partial charge in [0, 0.05) is 31.4 Å². The number of phenolic OH excluding ortho intramolecular Hbond substituents is 1. The number of aromatic hydroxyl groups is 1. The Labute approximate surface area is 280 Å². The Balaban J connectivity index is 1.27. The van der Waals surface area contributed by atoms with Gasteiger partial charge in [0.2, 0.25) is 11.8 Å². The fraction of sp³-hybridized carbons (Fsp3) is 0.444. The largest absolute Gasteiger partial charge is 0.508 e. The minimum Gasteiger partial charge on any atom is -0.508 e. The summed E-state index contributed by atoms with van der Waals surface area (Å²) in [4.78, 5) is 50.6. The monoisotopic (exact) mass is 664 g/mol. The lowest BCUT2D eigenvalue weighted by atomic mass is 9.91. The van der Waals surface area contributed by atoms with Gasteiger partial charge >= 0.3 is 11.9 Å². The zero-order valence-electron chi connectivity index (χ0n) is 27.5. The SMILES string of the molecule is CC(C)(C)OC(=O)CCC(CO)NC(=O)CCNC(=O)C1=CC2OCOC2C(OC(=O)c2cccc(C=CCc3ccccc3O)c2)C1. The number of nitrogens with one attached hydrogen (secondary N) is 2. The van der Waals surface area contributed by atoms with E-state index in [-0.39, 0.29) is 51.4 Å². The molecule has 1 fully saturated rings. The van der Waals surface area contributed by atoms with Crippen molar-refractivity contribution in [1.29, 1.82) is 0 Å². The van der Waals surface area contributed by atoms with Crippen molar-refractivity contribution < 1.29 is 48.3 Å². The Morgan fingerprint density at radius 1 is 1.06 bits per heavy atom. The topological polar surface area (TPSA) is 170 Å². The Morgan fingerprint density at radius 2 is 1.85 bits per heavy atom. The maximum atomic E-state index is 13.2. The maximum Gasteiger partial charge on any atom is 0.338 e. The molecule has 0 spiro atoms. The summed E-state index contributed by atoms with van der Waals surface area (Å²) in [5.74, 6) is -1.61. The number of fused-ring (bicyclic) bond motifs is 1. The number of phenols is 1. The van der Waals surface area contributed by atoms with Crippen LogP contribution in [0.3, 0.4) is 0 Å². The number of ether oxygens (including phenoxy) is 4. The minimum absolute atomic E-state index is 0.00778. The molecule has 1 heterocycles. The molecule has 4 unspecified atom stereocenters. The van der Waals surface area contributed by atoms with Gasteiger partial charge in [-0.2, -0.15) is 0 Å². The van der Waals surface area contributed by atoms with Gasteiger partial charge in [-0.05, 0) is 69.0 Å². The maximum absolute atomic E-state index is 13.2. The molecule has 2 aromatic rings. The van der Waals surface area contributed by atoms with Crippen LogP contribution < -0.4 is 10.6 Å². The summed E-state index contributed by atoms with van der Waals surface area (Å²) in [7, 11) is 0. The Hall–Kier alpha value is -4.52. The van der Waals surface area contributed by atoms with E-state index in [2.05, 4.69) is 10.6 Å². The normalized spacial score (nSPS) is 19.6. The van der Waals surface area contributed by atoms with E-state index < -0.39 is 53.7 Å². The van der Waals surface area contributed by atoms with Crippen LogP contribution >= 0.6 is 0 Å². The minimum atomic E-state index is -0.783. The summed E-state index contributed by atoms with van der Waals surface area (Å²) in [5.41, 5.74) is 1.61. The molecule has 0 radical (unpaired) electrons. The third-order valence-corrected chi connectivity index (χ3v) is 7.65. The standard InChI is InChI=1S/C36H44N2O10/c1-36(2,3)48-32(42)15-14-27(21-39)38-31(41)16-17-37-34(43)26-19-29-33(46-22-45-29)30(20-26)47-35(44)25-12-7-9-23(18-25)8-6-11-24-10-4-5-13-28(24)40/h4-10,12-13,18-19,27,29-30,33,39-40H,11,14-17,20-22H2,1-3H3,(H,37,43)(H,38,41). The summed E-state index contributed by atoms with van der Waals surface area (Å²) in [6.45, 7) is 4.94. The molecule has 0 bridgehead atoms. The van der Waals surface area contributed by atoms with Crippen LogP contribution in [-0.4, -0.2) is 83.9 Å². The second-order valence-electron chi connectivity index (χ2n) is 12.7. The Kier molecular flexibility index (Phi) is 12.9. The molecule has 48 heavy (non-hydrogen) atoms. The molecule has 2 amide bonds. The van der Waals surface area contributed by atoms with Crippen LogP contribution in [-0.2, 0) is 39.8 Å². The molecule has 1 saturated heterocycles. The van der Waals surface area contributed by atoms with E-state index >= 15 is 0 Å². The average Bonchev–Trinajstić information content (AvgIpc) is 3.52. The number of aliphatic hydroxyl groups excluding tert-OH is 1. The van der Waals surface area contributed by atoms with Gasteiger partial charge in [0.25, 0.3) is 0 Å². The summed E-state index contributed by atoms with van der Waals surface area (Å²) in [5, 5.41) is 25.0. The molecule has 1 aliphatic carbocycles. The second-order valence-corrected chi connectivity index (χ2v) is 12.7. The number of allylic oxidation sites excluding steroid dienone is 1. The van der Waals surface area contributed by atoms with Crippen molar-refractivity contribution in [2.45, 2.75) is 82.8 Å². The van der Waals surface area contributed by atoms with Gasteiger partial charge in [0.05, 0.1) is 18.2 Å². The van der Waals surface area contributed by atoms with E-state index in [1.807, 2.05) is 30.4 Å². The Bertz CT molecular complexity index is 1510. The molecule has 258 valence electrons. The van der Waals surface area contributed by atoms with Crippen LogP contribution in [0.15, 0.2) is 66.3 Å². The highest BCUT2D eigenvalue weighted by molar-refractivity contribution is 5.94. The number of rotatable bonds is 14. The molecule has 12 heteroatoms. The predicted octanol–water partition coefficient (Wildman–Crippen LogP) is 3.35. The number of hydrogen-bond donors (Lipinski definition) is 4. The summed E-state index contributed by atoms with van der Waals surface area (Å²) in [6.07, 6.45) is 4.26. The molecule has 4 rings (SSSR count). The Morgan fingerprint density at radius 3 is 2.60 bits per heavy atom. The number of aliphatic hydroxyl groups is 1. The molecule has 0 saturated carbocycles. The summed E-state index contributed by atoms with van der Waals surface area (Å²) < 4.78 is 22.4. The molecule has 2 aromatic carbocycles. The van der Waals surface area contributed by atoms with Crippen molar-refractivity contribution in [3.63, 3.8) is 0 Å². The molecular weight excluding hydrogens is 620 g/mol. The van der Waals surface area contributed by atoms with Crippen molar-refractivity contribution in [2.75, 3.05) is 19.9 Å². The van der Waals surface area contributed by atoms with Crippen LogP contribution in [0.4, 0.5) is 0 Å². The number of para-hydroxylation sites is 1. The zero-order valence-corrected chi connectivity index (χ0v) is 27.5. The van der Waals surface area contributed by atoms with Crippen LogP contribution in [0.1, 0.15) is 67.9 Å². The zero-order chi connectivity index (χ0) is 34.7. The third-order valence-electron chi connectivity index (χ3n) is 7.65. The quantitative estimate of drug-likeness (QED) is 0.220. The number of esters is 2.